The van der Waals surface area contributed by atoms with Crippen molar-refractivity contribution in [2.24, 2.45) is 5.92 Å². The predicted octanol–water partition coefficient (Wildman–Crippen LogP) is 1.000. The number of hydrogen-bond acceptors (Lipinski definition) is 7. The second-order valence-electron chi connectivity index (χ2n) is 6.50. The summed E-state index contributed by atoms with van der Waals surface area (Å²) in [5.41, 5.74) is 1.27. The third-order valence-corrected chi connectivity index (χ3v) is 5.05. The van der Waals surface area contributed by atoms with Crippen LogP contribution >= 0.6 is 0 Å². The van der Waals surface area contributed by atoms with E-state index in [9.17, 15) is 4.79 Å². The Morgan fingerprint density at radius 1 is 1.33 bits per heavy atom. The minimum Gasteiger partial charge on any atom is -0.383 e. The van der Waals surface area contributed by atoms with E-state index in [1.54, 1.807) is 7.11 Å². The van der Waals surface area contributed by atoms with Crippen LogP contribution in [0.25, 0.3) is 11.1 Å². The molecule has 3 fully saturated rings. The SMILES string of the molecule is COCCN1C(=O)[C@H]2CC[C@@H]1CN(c1ncnc3onc(C)c13)C2. The number of ether oxygens (including phenoxy) is 1. The zero-order chi connectivity index (χ0) is 16.7. The van der Waals surface area contributed by atoms with Crippen LogP contribution in [-0.4, -0.2) is 65.3 Å². The van der Waals surface area contributed by atoms with E-state index < -0.39 is 0 Å². The number of aryl methyl sites for hydroxylation is 1. The highest BCUT2D eigenvalue weighted by Gasteiger charge is 2.41. The van der Waals surface area contributed by atoms with Gasteiger partial charge in [-0.1, -0.05) is 5.16 Å². The molecule has 0 saturated carbocycles. The Hall–Kier alpha value is -2.22. The molecule has 5 rings (SSSR count). The summed E-state index contributed by atoms with van der Waals surface area (Å²) < 4.78 is 10.4. The van der Waals surface area contributed by atoms with Crippen LogP contribution in [0.3, 0.4) is 0 Å². The van der Waals surface area contributed by atoms with Crippen LogP contribution in [0, 0.1) is 12.8 Å². The van der Waals surface area contributed by atoms with Crippen LogP contribution in [-0.2, 0) is 9.53 Å². The molecule has 0 N–H and O–H groups in total. The smallest absolute Gasteiger partial charge is 0.263 e. The van der Waals surface area contributed by atoms with Gasteiger partial charge in [0.1, 0.15) is 17.5 Å². The van der Waals surface area contributed by atoms with Crippen molar-refractivity contribution in [2.45, 2.75) is 25.8 Å². The third kappa shape index (κ3) is 2.41. The number of amides is 1. The van der Waals surface area contributed by atoms with Crippen molar-refractivity contribution in [3.05, 3.63) is 12.0 Å². The molecule has 24 heavy (non-hydrogen) atoms. The first kappa shape index (κ1) is 15.3. The maximum atomic E-state index is 12.8. The van der Waals surface area contributed by atoms with Crippen molar-refractivity contribution in [2.75, 3.05) is 38.3 Å². The average molecular weight is 331 g/mol. The van der Waals surface area contributed by atoms with E-state index in [-0.39, 0.29) is 17.9 Å². The zero-order valence-electron chi connectivity index (χ0n) is 13.9. The van der Waals surface area contributed by atoms with Gasteiger partial charge in [0, 0.05) is 32.8 Å². The Morgan fingerprint density at radius 2 is 2.21 bits per heavy atom. The second kappa shape index (κ2) is 6.01. The van der Waals surface area contributed by atoms with Crippen LogP contribution in [0.15, 0.2) is 10.9 Å². The van der Waals surface area contributed by atoms with Crippen LogP contribution in [0.4, 0.5) is 5.82 Å². The lowest BCUT2D eigenvalue weighted by molar-refractivity contribution is -0.140. The Labute approximate surface area is 139 Å². The summed E-state index contributed by atoms with van der Waals surface area (Å²) in [6, 6.07) is 0.191. The molecule has 2 aromatic heterocycles. The van der Waals surface area contributed by atoms with Gasteiger partial charge in [0.05, 0.1) is 18.2 Å². The van der Waals surface area contributed by atoms with Crippen molar-refractivity contribution in [1.29, 1.82) is 0 Å². The number of hydrogen-bond donors (Lipinski definition) is 0. The Balaban J connectivity index is 1.68. The number of piperidine rings is 1. The lowest BCUT2D eigenvalue weighted by atomic mass is 9.94. The number of methoxy groups -OCH3 is 1. The lowest BCUT2D eigenvalue weighted by Crippen LogP contribution is -2.49. The summed E-state index contributed by atoms with van der Waals surface area (Å²) >= 11 is 0. The van der Waals surface area contributed by atoms with Crippen molar-refractivity contribution in [3.8, 4) is 0 Å². The number of anilines is 1. The fourth-order valence-corrected chi connectivity index (χ4v) is 3.84. The van der Waals surface area contributed by atoms with E-state index in [0.717, 1.165) is 36.3 Å². The molecule has 0 spiro atoms. The molecule has 8 nitrogen and oxygen atoms in total. The van der Waals surface area contributed by atoms with Gasteiger partial charge in [-0.25, -0.2) is 4.98 Å². The maximum Gasteiger partial charge on any atom is 0.263 e. The first-order valence-corrected chi connectivity index (χ1v) is 8.30. The predicted molar refractivity (Wildman–Crippen MR) is 86.7 cm³/mol. The average Bonchev–Trinajstić information content (AvgIpc) is 2.79. The number of fused-ring (bicyclic) bond motifs is 5. The van der Waals surface area contributed by atoms with Gasteiger partial charge in [-0.3, -0.25) is 4.79 Å². The summed E-state index contributed by atoms with van der Waals surface area (Å²) in [4.78, 5) is 25.5. The van der Waals surface area contributed by atoms with E-state index in [1.165, 1.54) is 6.33 Å². The summed E-state index contributed by atoms with van der Waals surface area (Å²) in [6.45, 7) is 4.55. The molecule has 5 heterocycles. The monoisotopic (exact) mass is 331 g/mol. The fourth-order valence-electron chi connectivity index (χ4n) is 3.84. The largest absolute Gasteiger partial charge is 0.383 e. The van der Waals surface area contributed by atoms with Crippen LogP contribution in [0.2, 0.25) is 0 Å². The van der Waals surface area contributed by atoms with E-state index in [1.807, 2.05) is 11.8 Å². The van der Waals surface area contributed by atoms with Gasteiger partial charge in [-0.2, -0.15) is 4.98 Å². The Bertz CT molecular complexity index is 761. The molecule has 128 valence electrons. The first-order chi connectivity index (χ1) is 11.7. The topological polar surface area (TPSA) is 84.6 Å². The van der Waals surface area contributed by atoms with Gasteiger partial charge in [0.25, 0.3) is 5.71 Å². The maximum absolute atomic E-state index is 12.8. The molecular formula is C16H21N5O3. The number of carbonyl (C=O) groups is 1. The zero-order valence-corrected chi connectivity index (χ0v) is 13.9. The van der Waals surface area contributed by atoms with E-state index in [4.69, 9.17) is 9.26 Å². The fraction of sp³-hybridized carbons (Fsp3) is 0.625. The normalized spacial score (nSPS) is 24.0. The third-order valence-electron chi connectivity index (χ3n) is 5.05. The molecule has 0 radical (unpaired) electrons. The molecule has 3 aliphatic rings. The number of nitrogens with zero attached hydrogens (tertiary/aromatic N) is 5. The van der Waals surface area contributed by atoms with E-state index in [0.29, 0.717) is 25.4 Å². The minimum absolute atomic E-state index is 0.00536. The van der Waals surface area contributed by atoms with Gasteiger partial charge in [0.15, 0.2) is 0 Å². The number of aromatic nitrogens is 3. The molecule has 0 aliphatic carbocycles. The second-order valence-corrected chi connectivity index (χ2v) is 6.50. The molecule has 2 bridgehead atoms. The molecular weight excluding hydrogens is 310 g/mol. The van der Waals surface area contributed by atoms with Crippen molar-refractivity contribution < 1.29 is 14.1 Å². The molecule has 1 amide bonds. The van der Waals surface area contributed by atoms with Crippen molar-refractivity contribution in [3.63, 3.8) is 0 Å². The standard InChI is InChI=1S/C16H21N5O3/c1-10-13-14(17-9-18-15(13)24-19-10)20-7-11-3-4-12(8-20)21(16(11)22)5-6-23-2/h9,11-12H,3-8H2,1-2H3/t11-,12+/m0/s1. The molecule has 8 heteroatoms. The van der Waals surface area contributed by atoms with Gasteiger partial charge in [0.2, 0.25) is 5.91 Å². The van der Waals surface area contributed by atoms with Gasteiger partial charge >= 0.3 is 0 Å². The summed E-state index contributed by atoms with van der Waals surface area (Å²) in [5.74, 6) is 1.06. The number of rotatable bonds is 4. The molecule has 0 unspecified atom stereocenters. The molecule has 3 saturated heterocycles. The molecule has 0 aromatic carbocycles. The number of carbonyl (C=O) groups excluding carboxylic acids is 1. The van der Waals surface area contributed by atoms with E-state index in [2.05, 4.69) is 20.0 Å². The van der Waals surface area contributed by atoms with Crippen molar-refractivity contribution >= 4 is 22.8 Å². The minimum atomic E-state index is 0.00536. The quantitative estimate of drug-likeness (QED) is 0.826. The van der Waals surface area contributed by atoms with Gasteiger partial charge in [-0.05, 0) is 19.8 Å². The van der Waals surface area contributed by atoms with Crippen molar-refractivity contribution in [1.82, 2.24) is 20.0 Å². The molecule has 3 aliphatic heterocycles. The van der Waals surface area contributed by atoms with Gasteiger partial charge in [-0.15, -0.1) is 0 Å². The molecule has 2 aromatic rings. The van der Waals surface area contributed by atoms with Crippen LogP contribution < -0.4 is 4.90 Å². The van der Waals surface area contributed by atoms with Crippen LogP contribution in [0.5, 0.6) is 0 Å². The Kier molecular flexibility index (Phi) is 3.84. The summed E-state index contributed by atoms with van der Waals surface area (Å²) in [6.07, 6.45) is 3.45. The van der Waals surface area contributed by atoms with E-state index >= 15 is 0 Å². The van der Waals surface area contributed by atoms with Gasteiger partial charge < -0.3 is 19.1 Å². The molecule has 2 atom stereocenters. The highest BCUT2D eigenvalue weighted by Crippen LogP contribution is 2.34. The Morgan fingerprint density at radius 3 is 3.04 bits per heavy atom. The lowest BCUT2D eigenvalue weighted by Gasteiger charge is -2.35. The van der Waals surface area contributed by atoms with Crippen LogP contribution in [0.1, 0.15) is 18.5 Å². The summed E-state index contributed by atoms with van der Waals surface area (Å²) in [7, 11) is 1.67. The highest BCUT2D eigenvalue weighted by molar-refractivity contribution is 5.89. The summed E-state index contributed by atoms with van der Waals surface area (Å²) in [5, 5.41) is 4.84. The first-order valence-electron chi connectivity index (χ1n) is 8.30. The highest BCUT2D eigenvalue weighted by atomic mass is 16.5.